The summed E-state index contributed by atoms with van der Waals surface area (Å²) in [4.78, 5) is 0. The lowest BCUT2D eigenvalue weighted by Crippen LogP contribution is -1.91. The van der Waals surface area contributed by atoms with E-state index in [-0.39, 0.29) is 11.3 Å². The van der Waals surface area contributed by atoms with Gasteiger partial charge in [-0.1, -0.05) is 6.07 Å². The molecule has 0 heterocycles. The normalized spacial score (nSPS) is 10.0. The van der Waals surface area contributed by atoms with Gasteiger partial charge in [-0.25, -0.2) is 4.39 Å². The van der Waals surface area contributed by atoms with Gasteiger partial charge in [0.25, 0.3) is 0 Å². The minimum atomic E-state index is -0.577. The molecule has 0 aliphatic heterocycles. The molecule has 0 aliphatic rings. The average molecular weight is 341 g/mol. The maximum Gasteiger partial charge on any atom is 0.167 e. The third-order valence-electron chi connectivity index (χ3n) is 2.43. The van der Waals surface area contributed by atoms with Crippen molar-refractivity contribution in [3.8, 4) is 17.6 Å². The zero-order valence-corrected chi connectivity index (χ0v) is 12.0. The molecular weight excluding hydrogens is 333 g/mol. The van der Waals surface area contributed by atoms with Crippen LogP contribution in [0.1, 0.15) is 11.1 Å². The Bertz CT molecular complexity index is 654. The molecule has 2 rings (SSSR count). The van der Waals surface area contributed by atoms with Gasteiger partial charge in [0.15, 0.2) is 11.6 Å². The molecule has 0 aromatic heterocycles. The number of ether oxygens (including phenoxy) is 1. The lowest BCUT2D eigenvalue weighted by Gasteiger charge is -2.09. The third-order valence-corrected chi connectivity index (χ3v) is 3.36. The molecular formula is C14H8BrClFNO. The van der Waals surface area contributed by atoms with Gasteiger partial charge in [0.1, 0.15) is 5.75 Å². The molecule has 2 aromatic rings. The molecule has 19 heavy (non-hydrogen) atoms. The van der Waals surface area contributed by atoms with Crippen LogP contribution in [-0.4, -0.2) is 0 Å². The quantitative estimate of drug-likeness (QED) is 0.737. The van der Waals surface area contributed by atoms with Crippen LogP contribution in [0.3, 0.4) is 0 Å². The van der Waals surface area contributed by atoms with Crippen molar-refractivity contribution in [2.24, 2.45) is 0 Å². The molecule has 0 unspecified atom stereocenters. The number of halogens is 3. The van der Waals surface area contributed by atoms with Crippen LogP contribution in [0.4, 0.5) is 4.39 Å². The van der Waals surface area contributed by atoms with Crippen LogP contribution in [0.5, 0.6) is 11.5 Å². The number of rotatable bonds is 3. The summed E-state index contributed by atoms with van der Waals surface area (Å²) in [5, 5.41) is 8.67. The Labute approximate surface area is 123 Å². The molecule has 2 aromatic carbocycles. The van der Waals surface area contributed by atoms with Gasteiger partial charge in [0, 0.05) is 5.88 Å². The van der Waals surface area contributed by atoms with Crippen molar-refractivity contribution in [3.63, 3.8) is 0 Å². The van der Waals surface area contributed by atoms with E-state index >= 15 is 0 Å². The molecule has 0 fully saturated rings. The van der Waals surface area contributed by atoms with Crippen molar-refractivity contribution < 1.29 is 9.13 Å². The summed E-state index contributed by atoms with van der Waals surface area (Å²) in [6, 6.07) is 11.2. The highest BCUT2D eigenvalue weighted by Crippen LogP contribution is 2.32. The smallest absolute Gasteiger partial charge is 0.167 e. The van der Waals surface area contributed by atoms with Crippen molar-refractivity contribution in [1.29, 1.82) is 5.26 Å². The number of hydrogen-bond acceptors (Lipinski definition) is 2. The van der Waals surface area contributed by atoms with E-state index in [1.165, 1.54) is 12.1 Å². The largest absolute Gasteiger partial charge is 0.453 e. The molecule has 0 N–H and O–H groups in total. The van der Waals surface area contributed by atoms with Gasteiger partial charge < -0.3 is 4.74 Å². The van der Waals surface area contributed by atoms with Crippen molar-refractivity contribution in [2.45, 2.75) is 5.88 Å². The van der Waals surface area contributed by atoms with Crippen LogP contribution < -0.4 is 4.74 Å². The highest BCUT2D eigenvalue weighted by atomic mass is 79.9. The Morgan fingerprint density at radius 1 is 1.21 bits per heavy atom. The number of alkyl halides is 1. The Morgan fingerprint density at radius 2 is 1.95 bits per heavy atom. The van der Waals surface area contributed by atoms with E-state index < -0.39 is 5.82 Å². The van der Waals surface area contributed by atoms with Crippen molar-refractivity contribution in [1.82, 2.24) is 0 Å². The number of benzene rings is 2. The summed E-state index contributed by atoms with van der Waals surface area (Å²) >= 11 is 9.06. The topological polar surface area (TPSA) is 33.0 Å². The van der Waals surface area contributed by atoms with E-state index in [2.05, 4.69) is 15.9 Å². The van der Waals surface area contributed by atoms with Crippen LogP contribution in [0.25, 0.3) is 0 Å². The molecule has 5 heteroatoms. The SMILES string of the molecule is N#Cc1ccc(Oc2ccc(CCl)cc2Br)c(F)c1. The maximum atomic E-state index is 13.7. The Hall–Kier alpha value is -1.57. The van der Waals surface area contributed by atoms with Crippen LogP contribution in [0.15, 0.2) is 40.9 Å². The van der Waals surface area contributed by atoms with Crippen molar-refractivity contribution >= 4 is 27.5 Å². The lowest BCUT2D eigenvalue weighted by molar-refractivity contribution is 0.440. The second kappa shape index (κ2) is 6.05. The van der Waals surface area contributed by atoms with Gasteiger partial charge in [0.2, 0.25) is 0 Å². The van der Waals surface area contributed by atoms with Gasteiger partial charge in [-0.05, 0) is 51.8 Å². The fourth-order valence-corrected chi connectivity index (χ4v) is 2.16. The predicted molar refractivity (Wildman–Crippen MR) is 74.9 cm³/mol. The summed E-state index contributed by atoms with van der Waals surface area (Å²) in [7, 11) is 0. The summed E-state index contributed by atoms with van der Waals surface area (Å²) in [5.41, 5.74) is 1.18. The van der Waals surface area contributed by atoms with Gasteiger partial charge in [-0.15, -0.1) is 11.6 Å². The van der Waals surface area contributed by atoms with Crippen molar-refractivity contribution in [2.75, 3.05) is 0 Å². The first kappa shape index (κ1) is 13.9. The molecule has 2 nitrogen and oxygen atoms in total. The van der Waals surface area contributed by atoms with E-state index in [9.17, 15) is 4.39 Å². The fraction of sp³-hybridized carbons (Fsp3) is 0.0714. The standard InChI is InChI=1S/C14H8BrClFNO/c15-11-5-9(7-16)1-3-13(11)19-14-4-2-10(8-18)6-12(14)17/h1-6H,7H2. The Kier molecular flexibility index (Phi) is 4.41. The average Bonchev–Trinajstić information content (AvgIpc) is 2.42. The van der Waals surface area contributed by atoms with Crippen LogP contribution in [-0.2, 0) is 5.88 Å². The summed E-state index contributed by atoms with van der Waals surface area (Å²) in [6.07, 6.45) is 0. The van der Waals surface area contributed by atoms with E-state index in [1.807, 2.05) is 12.1 Å². The Balaban J connectivity index is 2.29. The summed E-state index contributed by atoms with van der Waals surface area (Å²) in [6.45, 7) is 0. The maximum absolute atomic E-state index is 13.7. The molecule has 0 amide bonds. The summed E-state index contributed by atoms with van der Waals surface area (Å²) in [5.74, 6) is 0.368. The predicted octanol–water partition coefficient (Wildman–Crippen LogP) is 4.99. The summed E-state index contributed by atoms with van der Waals surface area (Å²) < 4.78 is 19.8. The lowest BCUT2D eigenvalue weighted by atomic mass is 10.2. The van der Waals surface area contributed by atoms with E-state index in [0.29, 0.717) is 16.1 Å². The zero-order chi connectivity index (χ0) is 13.8. The second-order valence-electron chi connectivity index (χ2n) is 3.76. The first-order valence-electron chi connectivity index (χ1n) is 5.36. The number of nitriles is 1. The van der Waals surface area contributed by atoms with E-state index in [4.69, 9.17) is 21.6 Å². The van der Waals surface area contributed by atoms with Gasteiger partial charge in [-0.2, -0.15) is 5.26 Å². The molecule has 0 radical (unpaired) electrons. The minimum absolute atomic E-state index is 0.0679. The minimum Gasteiger partial charge on any atom is -0.453 e. The fourth-order valence-electron chi connectivity index (χ4n) is 1.48. The van der Waals surface area contributed by atoms with Gasteiger partial charge in [0.05, 0.1) is 16.1 Å². The van der Waals surface area contributed by atoms with Crippen LogP contribution in [0, 0.1) is 17.1 Å². The molecule has 0 saturated carbocycles. The van der Waals surface area contributed by atoms with Crippen molar-refractivity contribution in [3.05, 3.63) is 57.8 Å². The molecule has 0 saturated heterocycles. The molecule has 0 bridgehead atoms. The monoisotopic (exact) mass is 339 g/mol. The van der Waals surface area contributed by atoms with Gasteiger partial charge in [-0.3, -0.25) is 0 Å². The second-order valence-corrected chi connectivity index (χ2v) is 4.88. The zero-order valence-electron chi connectivity index (χ0n) is 9.66. The van der Waals surface area contributed by atoms with E-state index in [1.54, 1.807) is 12.1 Å². The van der Waals surface area contributed by atoms with Gasteiger partial charge >= 0.3 is 0 Å². The third kappa shape index (κ3) is 3.25. The van der Waals surface area contributed by atoms with Crippen LogP contribution in [0.2, 0.25) is 0 Å². The van der Waals surface area contributed by atoms with E-state index in [0.717, 1.165) is 11.6 Å². The first-order valence-corrected chi connectivity index (χ1v) is 6.68. The number of hydrogen-bond donors (Lipinski definition) is 0. The highest BCUT2D eigenvalue weighted by Gasteiger charge is 2.09. The molecule has 0 atom stereocenters. The first-order chi connectivity index (χ1) is 9.13. The molecule has 0 spiro atoms. The molecule has 0 aliphatic carbocycles. The highest BCUT2D eigenvalue weighted by molar-refractivity contribution is 9.10. The molecule has 96 valence electrons. The number of nitrogens with zero attached hydrogens (tertiary/aromatic N) is 1. The Morgan fingerprint density at radius 3 is 2.53 bits per heavy atom. The van der Waals surface area contributed by atoms with Crippen LogP contribution >= 0.6 is 27.5 Å².